The zero-order valence-corrected chi connectivity index (χ0v) is 19.9. The van der Waals surface area contributed by atoms with E-state index in [-0.39, 0.29) is 30.3 Å². The van der Waals surface area contributed by atoms with Crippen LogP contribution in [0.25, 0.3) is 0 Å². The monoisotopic (exact) mass is 484 g/mol. The van der Waals surface area contributed by atoms with Crippen LogP contribution < -0.4 is 10.6 Å². The molecule has 0 unspecified atom stereocenters. The van der Waals surface area contributed by atoms with E-state index in [2.05, 4.69) is 10.6 Å². The molecule has 0 fully saturated rings. The molecule has 7 nitrogen and oxygen atoms in total. The minimum absolute atomic E-state index is 0.117. The number of hydrogen-bond donors (Lipinski definition) is 2. The van der Waals surface area contributed by atoms with E-state index in [9.17, 15) is 18.8 Å². The van der Waals surface area contributed by atoms with Gasteiger partial charge in [-0.25, -0.2) is 9.18 Å². The van der Waals surface area contributed by atoms with Gasteiger partial charge in [0.15, 0.2) is 0 Å². The Morgan fingerprint density at radius 1 is 1.18 bits per heavy atom. The fourth-order valence-electron chi connectivity index (χ4n) is 4.36. The largest absolute Gasteiger partial charge is 0.326 e. The predicted molar refractivity (Wildman–Crippen MR) is 127 cm³/mol. The number of halogens is 2. The minimum atomic E-state index is -0.779. The predicted octanol–water partition coefficient (Wildman–Crippen LogP) is 4.32. The molecule has 2 aliphatic rings. The molecule has 178 valence electrons. The van der Waals surface area contributed by atoms with Gasteiger partial charge < -0.3 is 15.5 Å². The number of amides is 4. The van der Waals surface area contributed by atoms with E-state index in [1.807, 2.05) is 13.8 Å². The Balaban J connectivity index is 1.67. The lowest BCUT2D eigenvalue weighted by atomic mass is 9.95. The van der Waals surface area contributed by atoms with Crippen molar-refractivity contribution in [3.63, 3.8) is 0 Å². The van der Waals surface area contributed by atoms with Gasteiger partial charge in [-0.1, -0.05) is 43.6 Å². The second kappa shape index (κ2) is 9.46. The smallest absolute Gasteiger partial charge is 0.322 e. The molecule has 4 rings (SSSR count). The van der Waals surface area contributed by atoms with Crippen LogP contribution in [0.4, 0.5) is 14.9 Å². The highest BCUT2D eigenvalue weighted by molar-refractivity contribution is 6.31. The van der Waals surface area contributed by atoms with Gasteiger partial charge in [-0.05, 0) is 48.2 Å². The molecule has 0 aliphatic carbocycles. The highest BCUT2D eigenvalue weighted by atomic mass is 35.5. The van der Waals surface area contributed by atoms with Gasteiger partial charge in [0.1, 0.15) is 11.9 Å². The first-order valence-corrected chi connectivity index (χ1v) is 11.4. The van der Waals surface area contributed by atoms with Crippen LogP contribution in [-0.2, 0) is 9.59 Å². The summed E-state index contributed by atoms with van der Waals surface area (Å²) in [6.45, 7) is 4.05. The maximum atomic E-state index is 13.7. The zero-order valence-electron chi connectivity index (χ0n) is 19.1. The summed E-state index contributed by atoms with van der Waals surface area (Å²) in [6, 6.07) is 10.7. The van der Waals surface area contributed by atoms with Crippen LogP contribution in [0.15, 0.2) is 59.8 Å². The molecule has 0 saturated carbocycles. The molecular formula is C25H26ClFN4O3. The molecule has 0 bridgehead atoms. The number of nitrogens with zero attached hydrogens (tertiary/aromatic N) is 2. The van der Waals surface area contributed by atoms with Crippen molar-refractivity contribution in [1.82, 2.24) is 15.1 Å². The van der Waals surface area contributed by atoms with Gasteiger partial charge in [-0.3, -0.25) is 14.5 Å². The summed E-state index contributed by atoms with van der Waals surface area (Å²) in [5, 5.41) is 6.08. The van der Waals surface area contributed by atoms with Gasteiger partial charge in [-0.2, -0.15) is 0 Å². The van der Waals surface area contributed by atoms with Crippen molar-refractivity contribution in [2.75, 3.05) is 18.9 Å². The highest BCUT2D eigenvalue weighted by Gasteiger charge is 2.46. The van der Waals surface area contributed by atoms with Crippen LogP contribution in [-0.4, -0.2) is 47.3 Å². The Bertz CT molecular complexity index is 1170. The average molecular weight is 485 g/mol. The SMILES string of the molecule is CC(C)C[C@@H](C(=O)Nc1ccc(F)cc1)N1CC2=C(C1=O)[C@H](c1ccccc1Cl)NC(=O)N2C. The van der Waals surface area contributed by atoms with Crippen molar-refractivity contribution in [2.45, 2.75) is 32.4 Å². The van der Waals surface area contributed by atoms with E-state index < -0.39 is 17.9 Å². The van der Waals surface area contributed by atoms with Crippen LogP contribution in [0.1, 0.15) is 31.9 Å². The number of carbonyl (C=O) groups excluding carboxylic acids is 3. The van der Waals surface area contributed by atoms with Crippen LogP contribution in [0.3, 0.4) is 0 Å². The van der Waals surface area contributed by atoms with Gasteiger partial charge >= 0.3 is 6.03 Å². The third-order valence-electron chi connectivity index (χ3n) is 6.09. The van der Waals surface area contributed by atoms with E-state index in [0.717, 1.165) is 0 Å². The Morgan fingerprint density at radius 2 is 1.85 bits per heavy atom. The number of anilines is 1. The lowest BCUT2D eigenvalue weighted by Crippen LogP contribution is -2.47. The summed E-state index contributed by atoms with van der Waals surface area (Å²) in [7, 11) is 1.60. The molecule has 2 atom stereocenters. The normalized spacial score (nSPS) is 18.8. The van der Waals surface area contributed by atoms with Crippen molar-refractivity contribution >= 4 is 35.1 Å². The lowest BCUT2D eigenvalue weighted by Gasteiger charge is -2.31. The molecule has 9 heteroatoms. The summed E-state index contributed by atoms with van der Waals surface area (Å²) in [6.07, 6.45) is 0.418. The van der Waals surface area contributed by atoms with E-state index in [4.69, 9.17) is 11.6 Å². The van der Waals surface area contributed by atoms with Gasteiger partial charge in [0, 0.05) is 17.8 Å². The Kier molecular flexibility index (Phi) is 6.61. The lowest BCUT2D eigenvalue weighted by molar-refractivity contribution is -0.134. The van der Waals surface area contributed by atoms with Gasteiger partial charge in [0.25, 0.3) is 5.91 Å². The van der Waals surface area contributed by atoms with E-state index >= 15 is 0 Å². The molecule has 2 N–H and O–H groups in total. The van der Waals surface area contributed by atoms with E-state index in [1.165, 1.54) is 34.1 Å². The standard InChI is InChI=1S/C25H26ClFN4O3/c1-14(2)12-19(23(32)28-16-10-8-15(27)9-11-16)31-13-20-21(24(31)33)22(29-25(34)30(20)3)17-6-4-5-7-18(17)26/h4-11,14,19,22H,12-13H2,1-3H3,(H,28,32)(H,29,34)/t19-,22-/m0/s1. The number of benzene rings is 2. The number of carbonyl (C=O) groups is 3. The molecule has 2 aromatic rings. The maximum Gasteiger partial charge on any atom is 0.322 e. The van der Waals surface area contributed by atoms with E-state index in [1.54, 1.807) is 31.3 Å². The number of likely N-dealkylation sites (N-methyl/N-ethyl adjacent to an activating group) is 1. The summed E-state index contributed by atoms with van der Waals surface area (Å²) >= 11 is 6.40. The summed E-state index contributed by atoms with van der Waals surface area (Å²) in [5.74, 6) is -0.989. The molecule has 0 radical (unpaired) electrons. The molecule has 2 aromatic carbocycles. The molecule has 2 heterocycles. The first kappa shape index (κ1) is 23.8. The first-order chi connectivity index (χ1) is 16.2. The number of hydrogen-bond acceptors (Lipinski definition) is 3. The van der Waals surface area contributed by atoms with E-state index in [0.29, 0.717) is 34.0 Å². The molecule has 0 aromatic heterocycles. The van der Waals surface area contributed by atoms with Crippen LogP contribution in [0, 0.1) is 11.7 Å². The number of urea groups is 1. The molecule has 4 amide bonds. The fraction of sp³-hybridized carbons (Fsp3) is 0.320. The topological polar surface area (TPSA) is 81.8 Å². The Hall–Kier alpha value is -3.39. The first-order valence-electron chi connectivity index (χ1n) is 11.1. The maximum absolute atomic E-state index is 13.7. The average Bonchev–Trinajstić information content (AvgIpc) is 3.13. The van der Waals surface area contributed by atoms with Crippen LogP contribution in [0.2, 0.25) is 5.02 Å². The third kappa shape index (κ3) is 4.50. The quantitative estimate of drug-likeness (QED) is 0.640. The minimum Gasteiger partial charge on any atom is -0.326 e. The fourth-order valence-corrected chi connectivity index (χ4v) is 4.61. The van der Waals surface area contributed by atoms with Gasteiger partial charge in [-0.15, -0.1) is 0 Å². The second-order valence-corrected chi connectivity index (χ2v) is 9.31. The molecular weight excluding hydrogens is 459 g/mol. The van der Waals surface area contributed by atoms with Crippen LogP contribution in [0.5, 0.6) is 0 Å². The number of nitrogens with one attached hydrogen (secondary N) is 2. The highest BCUT2D eigenvalue weighted by Crippen LogP contribution is 2.39. The summed E-state index contributed by atoms with van der Waals surface area (Å²) in [4.78, 5) is 42.6. The molecule has 0 saturated heterocycles. The van der Waals surface area contributed by atoms with Crippen molar-refractivity contribution in [3.05, 3.63) is 76.2 Å². The summed E-state index contributed by atoms with van der Waals surface area (Å²) in [5.41, 5.74) is 2.00. The third-order valence-corrected chi connectivity index (χ3v) is 6.43. The van der Waals surface area contributed by atoms with Crippen molar-refractivity contribution in [2.24, 2.45) is 5.92 Å². The van der Waals surface area contributed by atoms with Crippen molar-refractivity contribution in [1.29, 1.82) is 0 Å². The molecule has 2 aliphatic heterocycles. The Labute approximate surface area is 202 Å². The van der Waals surface area contributed by atoms with Gasteiger partial charge in [0.05, 0.1) is 23.9 Å². The number of rotatable bonds is 6. The van der Waals surface area contributed by atoms with Crippen molar-refractivity contribution in [3.8, 4) is 0 Å². The second-order valence-electron chi connectivity index (χ2n) is 8.90. The Morgan fingerprint density at radius 3 is 2.50 bits per heavy atom. The molecule has 0 spiro atoms. The molecule has 34 heavy (non-hydrogen) atoms. The van der Waals surface area contributed by atoms with Gasteiger partial charge in [0.2, 0.25) is 5.91 Å². The van der Waals surface area contributed by atoms with Crippen LogP contribution >= 0.6 is 11.6 Å². The zero-order chi connectivity index (χ0) is 24.6. The summed E-state index contributed by atoms with van der Waals surface area (Å²) < 4.78 is 13.3. The van der Waals surface area contributed by atoms with Crippen molar-refractivity contribution < 1.29 is 18.8 Å².